The van der Waals surface area contributed by atoms with Crippen molar-refractivity contribution in [2.75, 3.05) is 19.1 Å². The molecule has 6 nitrogen and oxygen atoms in total. The lowest BCUT2D eigenvalue weighted by molar-refractivity contribution is -0.144. The number of methoxy groups -OCH3 is 1. The minimum atomic E-state index is -1.26. The van der Waals surface area contributed by atoms with Gasteiger partial charge < -0.3 is 15.2 Å². The van der Waals surface area contributed by atoms with Crippen molar-refractivity contribution in [2.24, 2.45) is 0 Å². The highest BCUT2D eigenvalue weighted by molar-refractivity contribution is 5.96. The molecule has 0 fully saturated rings. The minimum absolute atomic E-state index is 0.310. The van der Waals surface area contributed by atoms with Gasteiger partial charge in [0.05, 0.1) is 12.8 Å². The monoisotopic (exact) mass is 294 g/mol. The van der Waals surface area contributed by atoms with Crippen molar-refractivity contribution in [1.82, 2.24) is 5.32 Å². The van der Waals surface area contributed by atoms with Crippen molar-refractivity contribution in [3.63, 3.8) is 0 Å². The first-order valence-electron chi connectivity index (χ1n) is 6.84. The number of nitrogens with one attached hydrogen (secondary N) is 1. The summed E-state index contributed by atoms with van der Waals surface area (Å²) in [6.07, 6.45) is 0.620. The van der Waals surface area contributed by atoms with E-state index in [1.54, 1.807) is 45.2 Å². The first kappa shape index (κ1) is 16.8. The first-order valence-corrected chi connectivity index (χ1v) is 6.84. The predicted octanol–water partition coefficient (Wildman–Crippen LogP) is 2.48. The highest BCUT2D eigenvalue weighted by Crippen LogP contribution is 2.27. The van der Waals surface area contributed by atoms with Crippen LogP contribution in [-0.2, 0) is 4.79 Å². The number of urea groups is 1. The molecule has 0 aliphatic heterocycles. The maximum absolute atomic E-state index is 12.3. The Labute approximate surface area is 124 Å². The Morgan fingerprint density at radius 3 is 2.33 bits per heavy atom. The van der Waals surface area contributed by atoms with Crippen LogP contribution in [0.5, 0.6) is 5.75 Å². The molecule has 0 spiro atoms. The lowest BCUT2D eigenvalue weighted by atomic mass is 9.93. The van der Waals surface area contributed by atoms with Crippen molar-refractivity contribution in [2.45, 2.75) is 32.2 Å². The molecule has 0 aliphatic rings. The van der Waals surface area contributed by atoms with Crippen molar-refractivity contribution in [1.29, 1.82) is 0 Å². The van der Waals surface area contributed by atoms with E-state index in [0.717, 1.165) is 0 Å². The van der Waals surface area contributed by atoms with Crippen LogP contribution in [0.25, 0.3) is 0 Å². The average molecular weight is 294 g/mol. The summed E-state index contributed by atoms with van der Waals surface area (Å²) in [4.78, 5) is 25.1. The zero-order valence-corrected chi connectivity index (χ0v) is 12.8. The standard InChI is InChI=1S/C15H22N2O4/c1-5-15(6-2,13(18)19)16-14(20)17(3)11-9-7-8-10-12(11)21-4/h7-10H,5-6H2,1-4H3,(H,16,20)(H,18,19). The third-order valence-electron chi connectivity index (χ3n) is 3.71. The summed E-state index contributed by atoms with van der Waals surface area (Å²) in [6.45, 7) is 3.47. The highest BCUT2D eigenvalue weighted by Gasteiger charge is 2.37. The fourth-order valence-corrected chi connectivity index (χ4v) is 2.09. The van der Waals surface area contributed by atoms with E-state index in [-0.39, 0.29) is 0 Å². The number of carbonyl (C=O) groups is 2. The van der Waals surface area contributed by atoms with Crippen LogP contribution in [0, 0.1) is 0 Å². The summed E-state index contributed by atoms with van der Waals surface area (Å²) < 4.78 is 5.21. The number of anilines is 1. The molecule has 0 saturated carbocycles. The molecule has 0 saturated heterocycles. The van der Waals surface area contributed by atoms with E-state index in [9.17, 15) is 14.7 Å². The number of carbonyl (C=O) groups excluding carboxylic acids is 1. The second kappa shape index (κ2) is 6.97. The van der Waals surface area contributed by atoms with Gasteiger partial charge in [0.15, 0.2) is 0 Å². The molecule has 0 aromatic heterocycles. The molecule has 1 aromatic carbocycles. The molecule has 2 amide bonds. The number of ether oxygens (including phenoxy) is 1. The fourth-order valence-electron chi connectivity index (χ4n) is 2.09. The smallest absolute Gasteiger partial charge is 0.329 e. The van der Waals surface area contributed by atoms with Gasteiger partial charge in [-0.2, -0.15) is 0 Å². The van der Waals surface area contributed by atoms with E-state index in [1.807, 2.05) is 0 Å². The Bertz CT molecular complexity index is 512. The quantitative estimate of drug-likeness (QED) is 0.845. The zero-order valence-electron chi connectivity index (χ0n) is 12.8. The van der Waals surface area contributed by atoms with Crippen molar-refractivity contribution < 1.29 is 19.4 Å². The van der Waals surface area contributed by atoms with Crippen LogP contribution in [0.4, 0.5) is 10.5 Å². The van der Waals surface area contributed by atoms with Gasteiger partial charge in [0.25, 0.3) is 0 Å². The average Bonchev–Trinajstić information content (AvgIpc) is 2.51. The summed E-state index contributed by atoms with van der Waals surface area (Å²) >= 11 is 0. The zero-order chi connectivity index (χ0) is 16.0. The van der Waals surface area contributed by atoms with Gasteiger partial charge in [0.2, 0.25) is 0 Å². The van der Waals surface area contributed by atoms with E-state index in [4.69, 9.17) is 4.74 Å². The molecule has 0 radical (unpaired) electrons. The number of nitrogens with zero attached hydrogens (tertiary/aromatic N) is 1. The maximum Gasteiger partial charge on any atom is 0.329 e. The largest absolute Gasteiger partial charge is 0.495 e. The molecule has 0 heterocycles. The number of hydrogen-bond acceptors (Lipinski definition) is 3. The van der Waals surface area contributed by atoms with Crippen LogP contribution in [-0.4, -0.2) is 36.8 Å². The number of amides is 2. The SMILES string of the molecule is CCC(CC)(NC(=O)N(C)c1ccccc1OC)C(=O)O. The summed E-state index contributed by atoms with van der Waals surface area (Å²) in [5.41, 5.74) is -0.683. The molecule has 21 heavy (non-hydrogen) atoms. The number of benzene rings is 1. The van der Waals surface area contributed by atoms with Gasteiger partial charge >= 0.3 is 12.0 Å². The van der Waals surface area contributed by atoms with Crippen LogP contribution < -0.4 is 15.0 Å². The maximum atomic E-state index is 12.3. The molecule has 116 valence electrons. The first-order chi connectivity index (χ1) is 9.91. The van der Waals surface area contributed by atoms with Crippen LogP contribution >= 0.6 is 0 Å². The molecule has 1 aromatic rings. The van der Waals surface area contributed by atoms with Crippen LogP contribution in [0.1, 0.15) is 26.7 Å². The topological polar surface area (TPSA) is 78.9 Å². The van der Waals surface area contributed by atoms with Gasteiger partial charge in [0, 0.05) is 7.05 Å². The third kappa shape index (κ3) is 3.45. The Morgan fingerprint density at radius 2 is 1.86 bits per heavy atom. The van der Waals surface area contributed by atoms with Crippen molar-refractivity contribution >= 4 is 17.7 Å². The van der Waals surface area contributed by atoms with Gasteiger partial charge in [0.1, 0.15) is 11.3 Å². The van der Waals surface area contributed by atoms with Gasteiger partial charge in [-0.25, -0.2) is 9.59 Å². The lowest BCUT2D eigenvalue weighted by Gasteiger charge is -2.31. The second-order valence-electron chi connectivity index (χ2n) is 4.76. The lowest BCUT2D eigenvalue weighted by Crippen LogP contribution is -2.56. The number of carboxylic acid groups (broad SMARTS) is 1. The van der Waals surface area contributed by atoms with E-state index in [1.165, 1.54) is 12.0 Å². The Balaban J connectivity index is 3.00. The molecule has 0 atom stereocenters. The molecule has 0 bridgehead atoms. The van der Waals surface area contributed by atoms with E-state index >= 15 is 0 Å². The number of para-hydroxylation sites is 2. The van der Waals surface area contributed by atoms with E-state index in [2.05, 4.69) is 5.32 Å². The third-order valence-corrected chi connectivity index (χ3v) is 3.71. The molecule has 0 aliphatic carbocycles. The van der Waals surface area contributed by atoms with Gasteiger partial charge in [-0.3, -0.25) is 4.90 Å². The molecule has 6 heteroatoms. The minimum Gasteiger partial charge on any atom is -0.495 e. The summed E-state index contributed by atoms with van der Waals surface area (Å²) in [6, 6.07) is 6.58. The molecule has 0 unspecified atom stereocenters. The molecular formula is C15H22N2O4. The van der Waals surface area contributed by atoms with E-state index in [0.29, 0.717) is 24.3 Å². The van der Waals surface area contributed by atoms with Gasteiger partial charge in [-0.15, -0.1) is 0 Å². The second-order valence-corrected chi connectivity index (χ2v) is 4.76. The number of hydrogen-bond donors (Lipinski definition) is 2. The Hall–Kier alpha value is -2.24. The number of aliphatic carboxylic acids is 1. The van der Waals surface area contributed by atoms with Gasteiger partial charge in [-0.05, 0) is 25.0 Å². The summed E-state index contributed by atoms with van der Waals surface area (Å²) in [5.74, 6) is -0.488. The Kier molecular flexibility index (Phi) is 5.58. The predicted molar refractivity (Wildman–Crippen MR) is 80.9 cm³/mol. The van der Waals surface area contributed by atoms with Gasteiger partial charge in [-0.1, -0.05) is 26.0 Å². The van der Waals surface area contributed by atoms with Crippen LogP contribution in [0.2, 0.25) is 0 Å². The highest BCUT2D eigenvalue weighted by atomic mass is 16.5. The summed E-state index contributed by atoms with van der Waals surface area (Å²) in [5, 5.41) is 12.0. The normalized spacial score (nSPS) is 10.9. The van der Waals surface area contributed by atoms with Crippen LogP contribution in [0.3, 0.4) is 0 Å². The Morgan fingerprint density at radius 1 is 1.29 bits per heavy atom. The van der Waals surface area contributed by atoms with Crippen molar-refractivity contribution in [3.05, 3.63) is 24.3 Å². The molecule has 1 rings (SSSR count). The number of rotatable bonds is 6. The molecular weight excluding hydrogens is 272 g/mol. The van der Waals surface area contributed by atoms with E-state index < -0.39 is 17.5 Å². The molecule has 2 N–H and O–H groups in total. The summed E-state index contributed by atoms with van der Waals surface area (Å²) in [7, 11) is 3.09. The van der Waals surface area contributed by atoms with Crippen molar-refractivity contribution in [3.8, 4) is 5.75 Å². The van der Waals surface area contributed by atoms with Crippen LogP contribution in [0.15, 0.2) is 24.3 Å². The number of carboxylic acids is 1. The fraction of sp³-hybridized carbons (Fsp3) is 0.467.